The SMILES string of the molecule is CCN(NC(=O)O)C(=O)N(CC)c1ccc(C(=O)OC)cc1Cl. The number of esters is 1. The summed E-state index contributed by atoms with van der Waals surface area (Å²) in [6.07, 6.45) is -1.34. The second kappa shape index (κ2) is 8.23. The molecule has 0 aliphatic rings. The predicted molar refractivity (Wildman–Crippen MR) is 84.7 cm³/mol. The van der Waals surface area contributed by atoms with Crippen LogP contribution in [0.15, 0.2) is 18.2 Å². The Labute approximate surface area is 138 Å². The Bertz CT molecular complexity index is 608. The Morgan fingerprint density at radius 1 is 1.26 bits per heavy atom. The summed E-state index contributed by atoms with van der Waals surface area (Å²) in [5.41, 5.74) is 2.62. The number of rotatable bonds is 4. The van der Waals surface area contributed by atoms with Crippen LogP contribution >= 0.6 is 11.6 Å². The molecule has 0 saturated carbocycles. The van der Waals surface area contributed by atoms with Gasteiger partial charge in [0.2, 0.25) is 0 Å². The van der Waals surface area contributed by atoms with E-state index in [0.29, 0.717) is 5.69 Å². The number of nitrogens with one attached hydrogen (secondary N) is 1. The molecule has 0 aliphatic carbocycles. The number of carbonyl (C=O) groups excluding carboxylic acids is 2. The van der Waals surface area contributed by atoms with Crippen LogP contribution in [0.1, 0.15) is 24.2 Å². The van der Waals surface area contributed by atoms with E-state index < -0.39 is 18.1 Å². The molecule has 0 fully saturated rings. The Balaban J connectivity index is 3.12. The molecule has 0 atom stereocenters. The molecule has 0 spiro atoms. The molecule has 9 heteroatoms. The zero-order valence-corrected chi connectivity index (χ0v) is 13.8. The molecule has 8 nitrogen and oxygen atoms in total. The number of carbonyl (C=O) groups is 3. The van der Waals surface area contributed by atoms with E-state index in [4.69, 9.17) is 16.7 Å². The third-order valence-corrected chi connectivity index (χ3v) is 3.29. The molecule has 126 valence electrons. The molecule has 0 aromatic heterocycles. The first-order valence-electron chi connectivity index (χ1n) is 6.82. The quantitative estimate of drug-likeness (QED) is 0.646. The van der Waals surface area contributed by atoms with E-state index in [0.717, 1.165) is 5.01 Å². The van der Waals surface area contributed by atoms with Crippen molar-refractivity contribution in [3.05, 3.63) is 28.8 Å². The van der Waals surface area contributed by atoms with Crippen molar-refractivity contribution in [3.8, 4) is 0 Å². The van der Waals surface area contributed by atoms with Crippen molar-refractivity contribution in [2.75, 3.05) is 25.1 Å². The standard InChI is InChI=1S/C14H18ClN3O5/c1-4-17(14(22)18(5-2)16-13(20)21)11-7-6-9(8-10(11)15)12(19)23-3/h6-8,16H,4-5H2,1-3H3,(H,20,21). The molecule has 23 heavy (non-hydrogen) atoms. The highest BCUT2D eigenvalue weighted by Gasteiger charge is 2.23. The second-order valence-corrected chi connectivity index (χ2v) is 4.75. The highest BCUT2D eigenvalue weighted by atomic mass is 35.5. The van der Waals surface area contributed by atoms with Crippen molar-refractivity contribution in [2.45, 2.75) is 13.8 Å². The first kappa shape index (κ1) is 18.6. The number of ether oxygens (including phenoxy) is 1. The van der Waals surface area contributed by atoms with Gasteiger partial charge in [0.05, 0.1) is 23.4 Å². The number of methoxy groups -OCH3 is 1. The smallest absolute Gasteiger partial charge is 0.423 e. The molecule has 1 aromatic rings. The number of hydrogen-bond donors (Lipinski definition) is 2. The highest BCUT2D eigenvalue weighted by Crippen LogP contribution is 2.28. The predicted octanol–water partition coefficient (Wildman–Crippen LogP) is 2.58. The Hall–Kier alpha value is -2.48. The Morgan fingerprint density at radius 2 is 1.91 bits per heavy atom. The Kier molecular flexibility index (Phi) is 6.65. The van der Waals surface area contributed by atoms with E-state index in [1.807, 2.05) is 5.43 Å². The van der Waals surface area contributed by atoms with Gasteiger partial charge < -0.3 is 9.84 Å². The molecule has 2 N–H and O–H groups in total. The summed E-state index contributed by atoms with van der Waals surface area (Å²) >= 11 is 6.14. The van der Waals surface area contributed by atoms with E-state index in [1.54, 1.807) is 13.8 Å². The summed E-state index contributed by atoms with van der Waals surface area (Å²) < 4.78 is 4.60. The highest BCUT2D eigenvalue weighted by molar-refractivity contribution is 6.34. The number of carboxylic acid groups (broad SMARTS) is 1. The van der Waals surface area contributed by atoms with Crippen molar-refractivity contribution in [2.24, 2.45) is 0 Å². The lowest BCUT2D eigenvalue weighted by Crippen LogP contribution is -2.51. The van der Waals surface area contributed by atoms with Crippen LogP contribution in [0.4, 0.5) is 15.3 Å². The van der Waals surface area contributed by atoms with Crippen LogP contribution in [0.2, 0.25) is 5.02 Å². The van der Waals surface area contributed by atoms with Gasteiger partial charge in [0.25, 0.3) is 0 Å². The average Bonchev–Trinajstić information content (AvgIpc) is 2.53. The van der Waals surface area contributed by atoms with Gasteiger partial charge in [-0.15, -0.1) is 0 Å². The van der Waals surface area contributed by atoms with Crippen LogP contribution in [0.5, 0.6) is 0 Å². The first-order chi connectivity index (χ1) is 10.8. The lowest BCUT2D eigenvalue weighted by Gasteiger charge is -2.29. The topological polar surface area (TPSA) is 99.2 Å². The summed E-state index contributed by atoms with van der Waals surface area (Å²) in [4.78, 5) is 36.0. The van der Waals surface area contributed by atoms with E-state index in [9.17, 15) is 14.4 Å². The van der Waals surface area contributed by atoms with E-state index >= 15 is 0 Å². The van der Waals surface area contributed by atoms with Crippen LogP contribution in [-0.4, -0.2) is 48.4 Å². The van der Waals surface area contributed by atoms with Crippen molar-refractivity contribution >= 4 is 35.4 Å². The minimum absolute atomic E-state index is 0.138. The number of nitrogens with zero attached hydrogens (tertiary/aromatic N) is 2. The number of amides is 3. The molecule has 0 unspecified atom stereocenters. The third kappa shape index (κ3) is 4.49. The molecule has 0 bridgehead atoms. The second-order valence-electron chi connectivity index (χ2n) is 4.35. The van der Waals surface area contributed by atoms with Crippen LogP contribution in [0, 0.1) is 0 Å². The summed E-state index contributed by atoms with van der Waals surface area (Å²) in [5, 5.41) is 9.88. The number of benzene rings is 1. The van der Waals surface area contributed by atoms with Gasteiger partial charge in [-0.3, -0.25) is 4.90 Å². The number of anilines is 1. The molecule has 1 aromatic carbocycles. The van der Waals surface area contributed by atoms with E-state index in [2.05, 4.69) is 4.74 Å². The fraction of sp³-hybridized carbons (Fsp3) is 0.357. The molecule has 0 radical (unpaired) electrons. The van der Waals surface area contributed by atoms with Crippen LogP contribution < -0.4 is 10.3 Å². The molecule has 0 aliphatic heterocycles. The fourth-order valence-electron chi connectivity index (χ4n) is 1.90. The van der Waals surface area contributed by atoms with Gasteiger partial charge in [-0.1, -0.05) is 11.6 Å². The Morgan fingerprint density at radius 3 is 2.35 bits per heavy atom. The van der Waals surface area contributed by atoms with Crippen molar-refractivity contribution < 1.29 is 24.2 Å². The molecule has 0 heterocycles. The molecular weight excluding hydrogens is 326 g/mol. The molecule has 1 rings (SSSR count). The lowest BCUT2D eigenvalue weighted by molar-refractivity contribution is 0.0600. The summed E-state index contributed by atoms with van der Waals surface area (Å²) in [7, 11) is 1.25. The maximum absolute atomic E-state index is 12.4. The van der Waals surface area contributed by atoms with Gasteiger partial charge in [-0.05, 0) is 32.0 Å². The zero-order valence-electron chi connectivity index (χ0n) is 13.0. The number of halogens is 1. The molecule has 0 saturated heterocycles. The minimum atomic E-state index is -1.34. The van der Waals surface area contributed by atoms with Gasteiger partial charge in [0, 0.05) is 13.1 Å². The van der Waals surface area contributed by atoms with Crippen molar-refractivity contribution in [3.63, 3.8) is 0 Å². The van der Waals surface area contributed by atoms with Crippen LogP contribution in [-0.2, 0) is 4.74 Å². The summed E-state index contributed by atoms with van der Waals surface area (Å²) in [5.74, 6) is -0.546. The van der Waals surface area contributed by atoms with Crippen LogP contribution in [0.3, 0.4) is 0 Å². The first-order valence-corrected chi connectivity index (χ1v) is 7.19. The van der Waals surface area contributed by atoms with Gasteiger partial charge in [-0.2, -0.15) is 0 Å². The normalized spacial score (nSPS) is 9.91. The lowest BCUT2D eigenvalue weighted by atomic mass is 10.2. The van der Waals surface area contributed by atoms with Crippen LogP contribution in [0.25, 0.3) is 0 Å². The number of hydrazine groups is 1. The van der Waals surface area contributed by atoms with Gasteiger partial charge >= 0.3 is 18.1 Å². The summed E-state index contributed by atoms with van der Waals surface area (Å²) in [6.45, 7) is 3.74. The third-order valence-electron chi connectivity index (χ3n) is 2.98. The maximum atomic E-state index is 12.4. The number of urea groups is 1. The maximum Gasteiger partial charge on any atom is 0.423 e. The number of hydrogen-bond acceptors (Lipinski definition) is 4. The fourth-order valence-corrected chi connectivity index (χ4v) is 2.19. The van der Waals surface area contributed by atoms with Crippen molar-refractivity contribution in [1.82, 2.24) is 10.4 Å². The average molecular weight is 344 g/mol. The zero-order chi connectivity index (χ0) is 17.6. The van der Waals surface area contributed by atoms with E-state index in [-0.39, 0.29) is 23.7 Å². The largest absolute Gasteiger partial charge is 0.465 e. The van der Waals surface area contributed by atoms with Gasteiger partial charge in [-0.25, -0.2) is 24.8 Å². The van der Waals surface area contributed by atoms with Crippen molar-refractivity contribution in [1.29, 1.82) is 0 Å². The minimum Gasteiger partial charge on any atom is -0.465 e. The van der Waals surface area contributed by atoms with Gasteiger partial charge in [0.1, 0.15) is 0 Å². The molecule has 3 amide bonds. The van der Waals surface area contributed by atoms with Gasteiger partial charge in [0.15, 0.2) is 0 Å². The monoisotopic (exact) mass is 343 g/mol. The molecular formula is C14H18ClN3O5. The summed E-state index contributed by atoms with van der Waals surface area (Å²) in [6, 6.07) is 3.79. The van der Waals surface area contributed by atoms with E-state index in [1.165, 1.54) is 30.2 Å².